The van der Waals surface area contributed by atoms with Crippen molar-refractivity contribution in [1.82, 2.24) is 5.32 Å². The first kappa shape index (κ1) is 13.3. The summed E-state index contributed by atoms with van der Waals surface area (Å²) in [6.07, 6.45) is 2.48. The van der Waals surface area contributed by atoms with Gasteiger partial charge in [-0.15, -0.1) is 0 Å². The van der Waals surface area contributed by atoms with Gasteiger partial charge in [0.05, 0.1) is 0 Å². The first-order valence-electron chi connectivity index (χ1n) is 6.92. The van der Waals surface area contributed by atoms with Gasteiger partial charge in [-0.2, -0.15) is 0 Å². The molecule has 0 aromatic heterocycles. The summed E-state index contributed by atoms with van der Waals surface area (Å²) in [4.78, 5) is 0. The molecular formula is C17H17F2N. The van der Waals surface area contributed by atoms with Crippen LogP contribution in [0.4, 0.5) is 8.78 Å². The van der Waals surface area contributed by atoms with E-state index in [2.05, 4.69) is 5.32 Å². The van der Waals surface area contributed by atoms with Crippen LogP contribution in [0.3, 0.4) is 0 Å². The zero-order chi connectivity index (χ0) is 14.1. The summed E-state index contributed by atoms with van der Waals surface area (Å²) in [5.41, 5.74) is 2.83. The maximum Gasteiger partial charge on any atom is 0.133 e. The molecule has 0 saturated heterocycles. The smallest absolute Gasteiger partial charge is 0.133 e. The molecular weight excluding hydrogens is 256 g/mol. The molecule has 3 rings (SSSR count). The van der Waals surface area contributed by atoms with Crippen molar-refractivity contribution in [1.29, 1.82) is 0 Å². The number of hydrogen-bond donors (Lipinski definition) is 1. The Bertz CT molecular complexity index is 633. The van der Waals surface area contributed by atoms with Crippen LogP contribution >= 0.6 is 0 Å². The lowest BCUT2D eigenvalue weighted by Crippen LogP contribution is -2.15. The number of rotatable bonds is 4. The van der Waals surface area contributed by atoms with Crippen molar-refractivity contribution in [3.63, 3.8) is 0 Å². The van der Waals surface area contributed by atoms with Crippen LogP contribution in [0.2, 0.25) is 0 Å². The van der Waals surface area contributed by atoms with Gasteiger partial charge in [0, 0.05) is 24.2 Å². The molecule has 0 amide bonds. The fourth-order valence-electron chi connectivity index (χ4n) is 2.28. The summed E-state index contributed by atoms with van der Waals surface area (Å²) >= 11 is 0. The second-order valence-electron chi connectivity index (χ2n) is 5.44. The minimum Gasteiger partial charge on any atom is -0.310 e. The number of aryl methyl sites for hydroxylation is 1. The van der Waals surface area contributed by atoms with E-state index >= 15 is 0 Å². The van der Waals surface area contributed by atoms with Gasteiger partial charge >= 0.3 is 0 Å². The Balaban J connectivity index is 1.89. The molecule has 3 heteroatoms. The van der Waals surface area contributed by atoms with Crippen molar-refractivity contribution >= 4 is 0 Å². The van der Waals surface area contributed by atoms with E-state index in [9.17, 15) is 8.78 Å². The molecule has 0 heterocycles. The van der Waals surface area contributed by atoms with Gasteiger partial charge in [-0.3, -0.25) is 0 Å². The Kier molecular flexibility index (Phi) is 3.53. The second kappa shape index (κ2) is 5.33. The van der Waals surface area contributed by atoms with Crippen LogP contribution in [0, 0.1) is 18.6 Å². The van der Waals surface area contributed by atoms with E-state index in [1.807, 2.05) is 24.3 Å². The highest BCUT2D eigenvalue weighted by Gasteiger charge is 2.20. The van der Waals surface area contributed by atoms with Crippen molar-refractivity contribution in [2.75, 3.05) is 0 Å². The van der Waals surface area contributed by atoms with Crippen LogP contribution in [0.15, 0.2) is 36.4 Å². The van der Waals surface area contributed by atoms with Crippen LogP contribution in [0.1, 0.15) is 24.0 Å². The third-order valence-corrected chi connectivity index (χ3v) is 3.66. The number of benzene rings is 2. The number of halogens is 2. The fourth-order valence-corrected chi connectivity index (χ4v) is 2.28. The third kappa shape index (κ3) is 2.88. The standard InChI is InChI=1S/C17H17F2N/c1-11-7-15(17(19)9-16(11)18)13-4-2-3-12(8-13)10-20-14-5-6-14/h2-4,7-9,14,20H,5-6,10H2,1H3. The molecule has 1 saturated carbocycles. The molecule has 1 N–H and O–H groups in total. The van der Waals surface area contributed by atoms with Crippen LogP contribution < -0.4 is 5.32 Å². The lowest BCUT2D eigenvalue weighted by Gasteiger charge is -2.09. The Morgan fingerprint density at radius 3 is 2.65 bits per heavy atom. The molecule has 0 unspecified atom stereocenters. The van der Waals surface area contributed by atoms with E-state index in [0.29, 0.717) is 17.2 Å². The first-order valence-corrected chi connectivity index (χ1v) is 6.92. The van der Waals surface area contributed by atoms with Gasteiger partial charge in [-0.25, -0.2) is 8.78 Å². The molecule has 0 bridgehead atoms. The highest BCUT2D eigenvalue weighted by atomic mass is 19.1. The molecule has 2 aromatic rings. The predicted molar refractivity (Wildman–Crippen MR) is 76.4 cm³/mol. The van der Waals surface area contributed by atoms with Gasteiger partial charge < -0.3 is 5.32 Å². The Hall–Kier alpha value is -1.74. The van der Waals surface area contributed by atoms with E-state index in [-0.39, 0.29) is 0 Å². The van der Waals surface area contributed by atoms with Gasteiger partial charge in [-0.1, -0.05) is 18.2 Å². The summed E-state index contributed by atoms with van der Waals surface area (Å²) in [5.74, 6) is -1.02. The molecule has 20 heavy (non-hydrogen) atoms. The van der Waals surface area contributed by atoms with Crippen molar-refractivity contribution in [2.24, 2.45) is 0 Å². The minimum atomic E-state index is -0.514. The summed E-state index contributed by atoms with van der Waals surface area (Å²) in [5, 5.41) is 3.43. The SMILES string of the molecule is Cc1cc(-c2cccc(CNC3CC3)c2)c(F)cc1F. The van der Waals surface area contributed by atoms with Gasteiger partial charge in [0.25, 0.3) is 0 Å². The lowest BCUT2D eigenvalue weighted by atomic mass is 10.0. The maximum absolute atomic E-state index is 13.9. The molecule has 1 aliphatic rings. The zero-order valence-electron chi connectivity index (χ0n) is 11.4. The first-order chi connectivity index (χ1) is 9.63. The highest BCUT2D eigenvalue weighted by molar-refractivity contribution is 5.65. The summed E-state index contributed by atoms with van der Waals surface area (Å²) < 4.78 is 27.2. The van der Waals surface area contributed by atoms with E-state index < -0.39 is 11.6 Å². The topological polar surface area (TPSA) is 12.0 Å². The van der Waals surface area contributed by atoms with Crippen molar-refractivity contribution in [3.05, 3.63) is 59.2 Å². The molecule has 104 valence electrons. The van der Waals surface area contributed by atoms with Crippen LogP contribution in [0.25, 0.3) is 11.1 Å². The van der Waals surface area contributed by atoms with E-state index in [1.165, 1.54) is 12.8 Å². The van der Waals surface area contributed by atoms with Gasteiger partial charge in [0.1, 0.15) is 11.6 Å². The second-order valence-corrected chi connectivity index (χ2v) is 5.44. The van der Waals surface area contributed by atoms with Gasteiger partial charge in [0.2, 0.25) is 0 Å². The largest absolute Gasteiger partial charge is 0.310 e. The van der Waals surface area contributed by atoms with E-state index in [4.69, 9.17) is 0 Å². The zero-order valence-corrected chi connectivity index (χ0v) is 11.4. The Labute approximate surface area is 117 Å². The van der Waals surface area contributed by atoms with Crippen LogP contribution in [0.5, 0.6) is 0 Å². The Morgan fingerprint density at radius 2 is 1.90 bits per heavy atom. The average Bonchev–Trinajstić information content (AvgIpc) is 3.25. The molecule has 0 spiro atoms. The average molecular weight is 273 g/mol. The van der Waals surface area contributed by atoms with Crippen LogP contribution in [-0.2, 0) is 6.54 Å². The van der Waals surface area contributed by atoms with Crippen molar-refractivity contribution in [3.8, 4) is 11.1 Å². The van der Waals surface area contributed by atoms with Crippen molar-refractivity contribution in [2.45, 2.75) is 32.4 Å². The summed E-state index contributed by atoms with van der Waals surface area (Å²) in [7, 11) is 0. The molecule has 2 aromatic carbocycles. The highest BCUT2D eigenvalue weighted by Crippen LogP contribution is 2.26. The third-order valence-electron chi connectivity index (χ3n) is 3.66. The Morgan fingerprint density at radius 1 is 1.10 bits per heavy atom. The predicted octanol–water partition coefficient (Wildman–Crippen LogP) is 4.19. The molecule has 0 atom stereocenters. The fraction of sp³-hybridized carbons (Fsp3) is 0.294. The number of nitrogens with one attached hydrogen (secondary N) is 1. The van der Waals surface area contributed by atoms with E-state index in [0.717, 1.165) is 23.7 Å². The molecule has 0 radical (unpaired) electrons. The van der Waals surface area contributed by atoms with E-state index in [1.54, 1.807) is 13.0 Å². The maximum atomic E-state index is 13.9. The van der Waals surface area contributed by atoms with Gasteiger partial charge in [-0.05, 0) is 48.6 Å². The molecule has 1 aliphatic carbocycles. The normalized spacial score (nSPS) is 14.6. The molecule has 0 aliphatic heterocycles. The lowest BCUT2D eigenvalue weighted by molar-refractivity contribution is 0.579. The quantitative estimate of drug-likeness (QED) is 0.880. The monoisotopic (exact) mass is 273 g/mol. The minimum absolute atomic E-state index is 0.456. The summed E-state index contributed by atoms with van der Waals surface area (Å²) in [6.45, 7) is 2.44. The number of hydrogen-bond acceptors (Lipinski definition) is 1. The molecule has 1 fully saturated rings. The van der Waals surface area contributed by atoms with Crippen molar-refractivity contribution < 1.29 is 8.78 Å². The van der Waals surface area contributed by atoms with Crippen LogP contribution in [-0.4, -0.2) is 6.04 Å². The molecule has 1 nitrogen and oxygen atoms in total. The van der Waals surface area contributed by atoms with Gasteiger partial charge in [0.15, 0.2) is 0 Å². The summed E-state index contributed by atoms with van der Waals surface area (Å²) in [6, 6.07) is 10.9.